The highest BCUT2D eigenvalue weighted by Gasteiger charge is 2.24. The minimum atomic E-state index is -1.31. The molecule has 0 bridgehead atoms. The first-order valence-electron chi connectivity index (χ1n) is 16.6. The Morgan fingerprint density at radius 2 is 1.02 bits per heavy atom. The molecule has 306 valence electrons. The van der Waals surface area contributed by atoms with Gasteiger partial charge in [-0.05, 0) is 30.5 Å². The molecule has 4 atom stereocenters. The number of anilines is 1. The lowest BCUT2D eigenvalue weighted by Crippen LogP contribution is -2.49. The Bertz CT molecular complexity index is 1420. The number of carboxylic acids is 5. The van der Waals surface area contributed by atoms with Gasteiger partial charge in [-0.15, -0.1) is 0 Å². The number of carbonyl (C=O) groups is 9. The first kappa shape index (κ1) is 47.9. The summed E-state index contributed by atoms with van der Waals surface area (Å²) in [5.41, 5.74) is 12.1. The molecule has 55 heavy (non-hydrogen) atoms. The molecule has 1 aromatic rings. The smallest absolute Gasteiger partial charge is 0.322 e. The highest BCUT2D eigenvalue weighted by molar-refractivity contribution is 7.99. The number of hydrogen-bond donors (Lipinski definition) is 11. The molecule has 0 saturated heterocycles. The summed E-state index contributed by atoms with van der Waals surface area (Å²) in [6, 6.07) is 1.77. The van der Waals surface area contributed by atoms with Crippen LogP contribution >= 0.6 is 23.5 Å². The van der Waals surface area contributed by atoms with Crippen LogP contribution in [0.15, 0.2) is 24.3 Å². The van der Waals surface area contributed by atoms with Gasteiger partial charge in [0, 0.05) is 54.6 Å². The summed E-state index contributed by atoms with van der Waals surface area (Å²) in [6.45, 7) is -0.712. The summed E-state index contributed by atoms with van der Waals surface area (Å²) in [5.74, 6) is -8.38. The van der Waals surface area contributed by atoms with Crippen LogP contribution in [0.5, 0.6) is 0 Å². The third-order valence-electron chi connectivity index (χ3n) is 7.37. The maximum Gasteiger partial charge on any atom is 0.322 e. The zero-order valence-corrected chi connectivity index (χ0v) is 31.3. The minimum Gasteiger partial charge on any atom is -0.481 e. The lowest BCUT2D eigenvalue weighted by atomic mass is 10.1. The topological polar surface area (TPSA) is 358 Å². The molecule has 21 nitrogen and oxygen atoms in total. The Balaban J connectivity index is 3.01. The van der Waals surface area contributed by atoms with E-state index in [0.29, 0.717) is 35.8 Å². The molecule has 1 aromatic carbocycles. The van der Waals surface area contributed by atoms with Gasteiger partial charge in [0.15, 0.2) is 0 Å². The number of benzene rings is 1. The molecule has 0 aliphatic rings. The van der Waals surface area contributed by atoms with Crippen LogP contribution in [-0.2, 0) is 49.6 Å². The molecule has 0 fully saturated rings. The normalized spacial score (nSPS) is 12.9. The number of thioether (sulfide) groups is 2. The Kier molecular flexibility index (Phi) is 22.5. The number of nitrogens with two attached hydrogens (primary N) is 2. The number of carboxylic acid groups (broad SMARTS) is 5. The quantitative estimate of drug-likeness (QED) is 0.0368. The molecular weight excluding hydrogens is 771 g/mol. The van der Waals surface area contributed by atoms with E-state index in [-0.39, 0.29) is 43.6 Å². The van der Waals surface area contributed by atoms with Gasteiger partial charge in [0.25, 0.3) is 0 Å². The fraction of sp³-hybridized carbons (Fsp3) is 0.531. The molecular formula is C32H47N7O14S2. The van der Waals surface area contributed by atoms with E-state index in [4.69, 9.17) is 37.0 Å². The van der Waals surface area contributed by atoms with Gasteiger partial charge in [0.1, 0.15) is 37.3 Å². The summed E-state index contributed by atoms with van der Waals surface area (Å²) in [6.07, 6.45) is -1.19. The van der Waals surface area contributed by atoms with E-state index >= 15 is 0 Å². The van der Waals surface area contributed by atoms with Crippen LogP contribution < -0.4 is 37.6 Å². The van der Waals surface area contributed by atoms with Gasteiger partial charge in [0.2, 0.25) is 23.6 Å². The summed E-state index contributed by atoms with van der Waals surface area (Å²) in [4.78, 5) is 107. The fourth-order valence-electron chi connectivity index (χ4n) is 4.41. The van der Waals surface area contributed by atoms with E-state index in [0.717, 1.165) is 0 Å². The second-order valence-electron chi connectivity index (χ2n) is 11.8. The first-order valence-corrected chi connectivity index (χ1v) is 19.0. The third kappa shape index (κ3) is 21.4. The van der Waals surface area contributed by atoms with Crippen LogP contribution in [0.1, 0.15) is 31.2 Å². The molecule has 0 aliphatic heterocycles. The highest BCUT2D eigenvalue weighted by atomic mass is 32.2. The molecule has 0 aliphatic carbocycles. The van der Waals surface area contributed by atoms with E-state index < -0.39 is 90.7 Å². The van der Waals surface area contributed by atoms with Crippen molar-refractivity contribution in [3.05, 3.63) is 29.8 Å². The molecule has 0 spiro atoms. The summed E-state index contributed by atoms with van der Waals surface area (Å²) in [7, 11) is 0. The Hall–Kier alpha value is -5.13. The van der Waals surface area contributed by atoms with Gasteiger partial charge in [-0.2, -0.15) is 23.5 Å². The van der Waals surface area contributed by atoms with Gasteiger partial charge in [0.05, 0.1) is 6.42 Å². The average molecular weight is 818 g/mol. The van der Waals surface area contributed by atoms with E-state index in [2.05, 4.69) is 21.3 Å². The predicted octanol–water partition coefficient (Wildman–Crippen LogP) is -2.66. The zero-order valence-electron chi connectivity index (χ0n) is 29.6. The number of aliphatic carboxylic acids is 5. The average Bonchev–Trinajstić information content (AvgIpc) is 3.12. The molecule has 0 saturated carbocycles. The predicted molar refractivity (Wildman–Crippen MR) is 199 cm³/mol. The number of rotatable bonds is 29. The van der Waals surface area contributed by atoms with Gasteiger partial charge in [-0.25, -0.2) is 0 Å². The standard InChI is InChI=1S/C32H47N7O14S2/c33-20(31(50)51)5-7-24(40)37-22(29(48)35-14-27(44)45)16-54-11-9-39(19-3-1-18(2-4-19)13-26(42)43)10-12-55-17-23(30(49)36-15-28(46)47)38-25(41)8-6-21(34)32(52)53/h1-4,20-23H,5-17,33-34H2,(H,35,48)(H,36,49)(H,37,40)(H,38,41)(H,42,43)(H,44,45)(H,46,47)(H,50,51)(H,52,53)/t20-,21-,22-,23-/m0/s1. The Labute approximate surface area is 323 Å². The molecule has 23 heteroatoms. The zero-order chi connectivity index (χ0) is 41.5. The SMILES string of the molecule is N[C@@H](CCC(=O)N[C@@H](CSCCN(CCSC[C@H](NC(=O)CC[C@H](N)C(=O)O)C(=O)NCC(=O)O)c1ccc(CC(=O)O)cc1)C(=O)NCC(=O)O)C(=O)O. The molecule has 0 heterocycles. The van der Waals surface area contributed by atoms with E-state index in [9.17, 15) is 43.2 Å². The van der Waals surface area contributed by atoms with Crippen molar-refractivity contribution in [3.8, 4) is 0 Å². The van der Waals surface area contributed by atoms with Crippen molar-refractivity contribution < 1.29 is 68.7 Å². The van der Waals surface area contributed by atoms with Crippen LogP contribution in [0, 0.1) is 0 Å². The minimum absolute atomic E-state index is 0.00646. The number of nitrogens with zero attached hydrogens (tertiary/aromatic N) is 1. The number of hydrogen-bond acceptors (Lipinski definition) is 14. The lowest BCUT2D eigenvalue weighted by molar-refractivity contribution is -0.140. The van der Waals surface area contributed by atoms with Crippen LogP contribution in [0.4, 0.5) is 5.69 Å². The van der Waals surface area contributed by atoms with Crippen molar-refractivity contribution >= 4 is 82.7 Å². The second-order valence-corrected chi connectivity index (χ2v) is 14.1. The Morgan fingerprint density at radius 3 is 1.36 bits per heavy atom. The van der Waals surface area contributed by atoms with Crippen molar-refractivity contribution in [2.75, 3.05) is 54.1 Å². The van der Waals surface area contributed by atoms with Crippen LogP contribution in [0.3, 0.4) is 0 Å². The largest absolute Gasteiger partial charge is 0.481 e. The lowest BCUT2D eigenvalue weighted by Gasteiger charge is -2.26. The molecule has 4 amide bonds. The number of nitrogens with one attached hydrogen (secondary N) is 4. The van der Waals surface area contributed by atoms with E-state index in [1.54, 1.807) is 24.3 Å². The van der Waals surface area contributed by atoms with E-state index in [1.807, 2.05) is 4.90 Å². The summed E-state index contributed by atoms with van der Waals surface area (Å²) in [5, 5.41) is 54.3. The van der Waals surface area contributed by atoms with Crippen LogP contribution in [0.25, 0.3) is 0 Å². The van der Waals surface area contributed by atoms with E-state index in [1.165, 1.54) is 23.5 Å². The van der Waals surface area contributed by atoms with Gasteiger partial charge in [-0.3, -0.25) is 43.2 Å². The van der Waals surface area contributed by atoms with Gasteiger partial charge >= 0.3 is 29.8 Å². The van der Waals surface area contributed by atoms with Crippen LogP contribution in [-0.4, -0.2) is 152 Å². The molecule has 0 unspecified atom stereocenters. The molecule has 0 radical (unpaired) electrons. The van der Waals surface area contributed by atoms with Crippen molar-refractivity contribution in [1.82, 2.24) is 21.3 Å². The monoisotopic (exact) mass is 817 g/mol. The van der Waals surface area contributed by atoms with Crippen molar-refractivity contribution in [1.29, 1.82) is 0 Å². The maximum atomic E-state index is 12.7. The molecule has 13 N–H and O–H groups in total. The van der Waals surface area contributed by atoms with Crippen molar-refractivity contribution in [2.24, 2.45) is 11.5 Å². The second kappa shape index (κ2) is 25.8. The van der Waals surface area contributed by atoms with Gasteiger partial charge < -0.3 is 63.2 Å². The fourth-order valence-corrected chi connectivity index (χ4v) is 6.39. The number of amides is 4. The summed E-state index contributed by atoms with van der Waals surface area (Å²) >= 11 is 2.48. The molecule has 1 rings (SSSR count). The van der Waals surface area contributed by atoms with Crippen LogP contribution in [0.2, 0.25) is 0 Å². The van der Waals surface area contributed by atoms with Crippen molar-refractivity contribution in [2.45, 2.75) is 56.3 Å². The number of carbonyl (C=O) groups excluding carboxylic acids is 4. The highest BCUT2D eigenvalue weighted by Crippen LogP contribution is 2.19. The molecule has 0 aromatic heterocycles. The Morgan fingerprint density at radius 1 is 0.618 bits per heavy atom. The van der Waals surface area contributed by atoms with Gasteiger partial charge in [-0.1, -0.05) is 12.1 Å². The van der Waals surface area contributed by atoms with Crippen molar-refractivity contribution in [3.63, 3.8) is 0 Å². The maximum absolute atomic E-state index is 12.7. The third-order valence-corrected chi connectivity index (χ3v) is 9.45. The first-order chi connectivity index (χ1) is 25.9. The summed E-state index contributed by atoms with van der Waals surface area (Å²) < 4.78 is 0.